The van der Waals surface area contributed by atoms with Crippen LogP contribution in [0.5, 0.6) is 0 Å². The van der Waals surface area contributed by atoms with E-state index in [1.807, 2.05) is 22.9 Å². The molecule has 2 N–H and O–H groups in total. The normalized spacial score (nSPS) is 19.3. The average Bonchev–Trinajstić information content (AvgIpc) is 3.30. The Labute approximate surface area is 145 Å². The summed E-state index contributed by atoms with van der Waals surface area (Å²) >= 11 is 0. The van der Waals surface area contributed by atoms with Gasteiger partial charge >= 0.3 is 6.03 Å². The topological polar surface area (TPSA) is 93.2 Å². The molecule has 25 heavy (non-hydrogen) atoms. The molecule has 8 heteroatoms. The smallest absolute Gasteiger partial charge is 0.331 e. The van der Waals surface area contributed by atoms with Gasteiger partial charge in [0, 0.05) is 26.6 Å². The molecule has 8 nitrogen and oxygen atoms in total. The van der Waals surface area contributed by atoms with Gasteiger partial charge in [0.25, 0.3) is 0 Å². The number of carbonyl (C=O) groups excluding carboxylic acids is 2. The van der Waals surface area contributed by atoms with E-state index in [1.54, 1.807) is 7.11 Å². The van der Waals surface area contributed by atoms with Crippen LogP contribution < -0.4 is 10.6 Å². The highest BCUT2D eigenvalue weighted by Gasteiger charge is 2.36. The zero-order chi connectivity index (χ0) is 17.7. The van der Waals surface area contributed by atoms with Gasteiger partial charge in [0.05, 0.1) is 24.0 Å². The van der Waals surface area contributed by atoms with E-state index in [9.17, 15) is 9.59 Å². The van der Waals surface area contributed by atoms with Crippen molar-refractivity contribution in [2.45, 2.75) is 24.8 Å². The number of imidazole rings is 1. The first-order valence-electron chi connectivity index (χ1n) is 8.34. The van der Waals surface area contributed by atoms with E-state index in [0.717, 1.165) is 23.3 Å². The Morgan fingerprint density at radius 2 is 2.12 bits per heavy atom. The second kappa shape index (κ2) is 5.82. The minimum atomic E-state index is -0.347. The van der Waals surface area contributed by atoms with E-state index in [0.29, 0.717) is 29.6 Å². The quantitative estimate of drug-likeness (QED) is 0.825. The highest BCUT2D eigenvalue weighted by atomic mass is 16.5. The van der Waals surface area contributed by atoms with Gasteiger partial charge in [-0.25, -0.2) is 9.78 Å². The van der Waals surface area contributed by atoms with Crippen LogP contribution >= 0.6 is 0 Å². The van der Waals surface area contributed by atoms with Gasteiger partial charge in [-0.3, -0.25) is 14.6 Å². The number of nitrogens with zero attached hydrogens (tertiary/aromatic N) is 4. The molecule has 1 unspecified atom stereocenters. The van der Waals surface area contributed by atoms with Crippen molar-refractivity contribution >= 4 is 23.3 Å². The fourth-order valence-electron chi connectivity index (χ4n) is 3.19. The number of ether oxygens (including phenoxy) is 1. The summed E-state index contributed by atoms with van der Waals surface area (Å²) in [6, 6.07) is 1.31. The van der Waals surface area contributed by atoms with Crippen molar-refractivity contribution in [2.24, 2.45) is 5.73 Å². The third-order valence-electron chi connectivity index (χ3n) is 4.82. The molecule has 0 spiro atoms. The Morgan fingerprint density at radius 3 is 2.72 bits per heavy atom. The van der Waals surface area contributed by atoms with Gasteiger partial charge in [0.1, 0.15) is 6.54 Å². The molecular formula is C17H21N5O3. The monoisotopic (exact) mass is 343 g/mol. The lowest BCUT2D eigenvalue weighted by atomic mass is 10.1. The van der Waals surface area contributed by atoms with E-state index < -0.39 is 0 Å². The number of fused-ring (bicyclic) bond motifs is 1. The van der Waals surface area contributed by atoms with Gasteiger partial charge in [-0.1, -0.05) is 0 Å². The van der Waals surface area contributed by atoms with Crippen molar-refractivity contribution < 1.29 is 14.3 Å². The highest BCUT2D eigenvalue weighted by Crippen LogP contribution is 2.42. The molecule has 2 aromatic heterocycles. The van der Waals surface area contributed by atoms with Crippen LogP contribution in [0.3, 0.4) is 0 Å². The van der Waals surface area contributed by atoms with E-state index in [2.05, 4.69) is 4.98 Å². The number of carbonyl (C=O) groups is 2. The molecule has 3 heterocycles. The zero-order valence-electron chi connectivity index (χ0n) is 14.3. The maximum absolute atomic E-state index is 12.4. The summed E-state index contributed by atoms with van der Waals surface area (Å²) in [7, 11) is 3.09. The predicted octanol–water partition coefficient (Wildman–Crippen LogP) is 1.26. The van der Waals surface area contributed by atoms with Gasteiger partial charge in [-0.2, -0.15) is 0 Å². The van der Waals surface area contributed by atoms with Gasteiger partial charge in [-0.15, -0.1) is 0 Å². The number of aromatic nitrogens is 2. The molecule has 1 aliphatic heterocycles. The Balaban J connectivity index is 1.83. The molecule has 2 fully saturated rings. The van der Waals surface area contributed by atoms with Crippen molar-refractivity contribution in [3.8, 4) is 0 Å². The second-order valence-corrected chi connectivity index (χ2v) is 6.71. The van der Waals surface area contributed by atoms with Crippen molar-refractivity contribution in [1.29, 1.82) is 0 Å². The Bertz CT molecular complexity index is 857. The number of anilines is 1. The second-order valence-electron chi connectivity index (χ2n) is 6.71. The molecule has 2 aromatic rings. The van der Waals surface area contributed by atoms with Gasteiger partial charge in [0.2, 0.25) is 5.91 Å². The molecule has 1 saturated carbocycles. The van der Waals surface area contributed by atoms with Crippen LogP contribution in [-0.2, 0) is 9.53 Å². The average molecular weight is 343 g/mol. The van der Waals surface area contributed by atoms with Crippen molar-refractivity contribution in [2.75, 3.05) is 32.2 Å². The number of rotatable bonds is 5. The molecule has 0 aromatic carbocycles. The lowest BCUT2D eigenvalue weighted by Gasteiger charge is -2.17. The van der Waals surface area contributed by atoms with Crippen LogP contribution in [0.25, 0.3) is 5.65 Å². The molecule has 1 atom stereocenters. The van der Waals surface area contributed by atoms with E-state index >= 15 is 0 Å². The Kier molecular flexibility index (Phi) is 3.73. The highest BCUT2D eigenvalue weighted by molar-refractivity contribution is 6.13. The number of hydrogen-bond acceptors (Lipinski definition) is 5. The standard InChI is InChI=1S/C17H21N5O3/c1-20-15(23)8-22(17(20)24)14-5-11(10-3-4-10)6-21-7-13(19-16(14)21)12(18)9-25-2/h5-7,10,12H,3-4,8-9,18H2,1-2H3. The number of methoxy groups -OCH3 is 1. The fraction of sp³-hybridized carbons (Fsp3) is 0.471. The molecule has 0 radical (unpaired) electrons. The zero-order valence-corrected chi connectivity index (χ0v) is 14.3. The number of hydrogen-bond donors (Lipinski definition) is 1. The third kappa shape index (κ3) is 2.67. The van der Waals surface area contributed by atoms with Crippen LogP contribution in [0.1, 0.15) is 36.1 Å². The summed E-state index contributed by atoms with van der Waals surface area (Å²) in [5.41, 5.74) is 9.24. The molecule has 1 aliphatic carbocycles. The first-order valence-corrected chi connectivity index (χ1v) is 8.34. The maximum Gasteiger partial charge on any atom is 0.331 e. The number of imide groups is 1. The minimum Gasteiger partial charge on any atom is -0.383 e. The SMILES string of the molecule is COCC(N)c1cn2cc(C3CC3)cc(N3CC(=O)N(C)C3=O)c2n1. The minimum absolute atomic E-state index is 0.0332. The first-order chi connectivity index (χ1) is 12.0. The lowest BCUT2D eigenvalue weighted by Crippen LogP contribution is -2.30. The largest absolute Gasteiger partial charge is 0.383 e. The Hall–Kier alpha value is -2.45. The summed E-state index contributed by atoms with van der Waals surface area (Å²) in [5, 5.41) is 0. The molecule has 3 amide bonds. The summed E-state index contributed by atoms with van der Waals surface area (Å²) in [6.45, 7) is 0.393. The number of amides is 3. The molecule has 2 aliphatic rings. The summed E-state index contributed by atoms with van der Waals surface area (Å²) < 4.78 is 7.02. The summed E-state index contributed by atoms with van der Waals surface area (Å²) in [4.78, 5) is 31.6. The van der Waals surface area contributed by atoms with Gasteiger partial charge in [-0.05, 0) is 30.4 Å². The van der Waals surface area contributed by atoms with E-state index in [4.69, 9.17) is 10.5 Å². The van der Waals surface area contributed by atoms with Crippen molar-refractivity contribution in [3.05, 3.63) is 29.7 Å². The molecule has 0 bridgehead atoms. The number of urea groups is 1. The summed E-state index contributed by atoms with van der Waals surface area (Å²) in [6.07, 6.45) is 6.20. The number of pyridine rings is 1. The number of likely N-dealkylation sites (N-methyl/N-ethyl adjacent to an activating group) is 1. The van der Waals surface area contributed by atoms with Gasteiger partial charge < -0.3 is 14.9 Å². The fourth-order valence-corrected chi connectivity index (χ4v) is 3.19. The van der Waals surface area contributed by atoms with Crippen LogP contribution in [0.4, 0.5) is 10.5 Å². The van der Waals surface area contributed by atoms with Crippen LogP contribution in [0.15, 0.2) is 18.5 Å². The molecule has 1 saturated heterocycles. The molecule has 132 valence electrons. The lowest BCUT2D eigenvalue weighted by molar-refractivity contribution is -0.123. The van der Waals surface area contributed by atoms with Gasteiger partial charge in [0.15, 0.2) is 5.65 Å². The van der Waals surface area contributed by atoms with Crippen molar-refractivity contribution in [1.82, 2.24) is 14.3 Å². The molecule has 4 rings (SSSR count). The number of nitrogens with two attached hydrogens (primary N) is 1. The van der Waals surface area contributed by atoms with Crippen LogP contribution in [0.2, 0.25) is 0 Å². The van der Waals surface area contributed by atoms with E-state index in [-0.39, 0.29) is 24.5 Å². The Morgan fingerprint density at radius 1 is 1.36 bits per heavy atom. The van der Waals surface area contributed by atoms with Crippen LogP contribution in [-0.4, -0.2) is 53.5 Å². The maximum atomic E-state index is 12.4. The van der Waals surface area contributed by atoms with E-state index in [1.165, 1.54) is 11.9 Å². The first kappa shape index (κ1) is 16.0. The summed E-state index contributed by atoms with van der Waals surface area (Å²) in [5.74, 6) is 0.288. The van der Waals surface area contributed by atoms with Crippen molar-refractivity contribution in [3.63, 3.8) is 0 Å². The predicted molar refractivity (Wildman–Crippen MR) is 91.5 cm³/mol. The molecular weight excluding hydrogens is 322 g/mol. The third-order valence-corrected chi connectivity index (χ3v) is 4.82. The van der Waals surface area contributed by atoms with Crippen LogP contribution in [0, 0.1) is 0 Å².